The van der Waals surface area contributed by atoms with Gasteiger partial charge in [0.05, 0.1) is 12.6 Å². The van der Waals surface area contributed by atoms with Gasteiger partial charge in [-0.3, -0.25) is 4.84 Å². The van der Waals surface area contributed by atoms with E-state index >= 15 is 0 Å². The van der Waals surface area contributed by atoms with Gasteiger partial charge >= 0.3 is 6.18 Å². The van der Waals surface area contributed by atoms with Crippen molar-refractivity contribution < 1.29 is 18.0 Å². The number of rotatable bonds is 4. The van der Waals surface area contributed by atoms with Crippen LogP contribution in [0.15, 0.2) is 36.5 Å². The van der Waals surface area contributed by atoms with Crippen molar-refractivity contribution in [2.75, 3.05) is 37.1 Å². The summed E-state index contributed by atoms with van der Waals surface area (Å²) in [6.07, 6.45) is -1.20. The number of likely N-dealkylation sites (tertiary alicyclic amines) is 1. The fraction of sp³-hybridized carbons (Fsp3) is 0.500. The fourth-order valence-electron chi connectivity index (χ4n) is 3.93. The number of alkyl halides is 3. The third kappa shape index (κ3) is 4.45. The van der Waals surface area contributed by atoms with Crippen LogP contribution in [0.2, 0.25) is 0 Å². The van der Waals surface area contributed by atoms with E-state index in [1.54, 1.807) is 0 Å². The summed E-state index contributed by atoms with van der Waals surface area (Å²) in [6.45, 7) is 2.14. The lowest BCUT2D eigenvalue weighted by Crippen LogP contribution is -2.40. The number of hydroxylamine groups is 1. The van der Waals surface area contributed by atoms with Crippen LogP contribution >= 0.6 is 0 Å². The number of piperidine rings is 1. The Balaban J connectivity index is 1.66. The summed E-state index contributed by atoms with van der Waals surface area (Å²) >= 11 is 0. The van der Waals surface area contributed by atoms with E-state index in [0.29, 0.717) is 13.0 Å². The van der Waals surface area contributed by atoms with Crippen molar-refractivity contribution >= 4 is 11.8 Å². The lowest BCUT2D eigenvalue weighted by atomic mass is 10.0. The minimum atomic E-state index is -4.58. The molecule has 3 heterocycles. The molecule has 0 aliphatic carbocycles. The zero-order valence-corrected chi connectivity index (χ0v) is 16.2. The zero-order chi connectivity index (χ0) is 20.4. The molecule has 29 heavy (non-hydrogen) atoms. The molecule has 1 aromatic heterocycles. The summed E-state index contributed by atoms with van der Waals surface area (Å²) in [5, 5.41) is 4.48. The van der Waals surface area contributed by atoms with Gasteiger partial charge in [0.2, 0.25) is 5.95 Å². The van der Waals surface area contributed by atoms with Crippen LogP contribution in [0.3, 0.4) is 0 Å². The highest BCUT2D eigenvalue weighted by Crippen LogP contribution is 2.41. The monoisotopic (exact) mass is 407 g/mol. The molecule has 2 atom stereocenters. The van der Waals surface area contributed by atoms with Crippen molar-refractivity contribution in [1.29, 1.82) is 0 Å². The molecule has 9 heteroatoms. The average Bonchev–Trinajstić information content (AvgIpc) is 3.17. The van der Waals surface area contributed by atoms with Crippen LogP contribution in [0.4, 0.5) is 24.9 Å². The lowest BCUT2D eigenvalue weighted by Gasteiger charge is -2.31. The van der Waals surface area contributed by atoms with E-state index in [-0.39, 0.29) is 23.8 Å². The van der Waals surface area contributed by atoms with Crippen molar-refractivity contribution in [2.45, 2.75) is 37.5 Å². The number of anilines is 2. The van der Waals surface area contributed by atoms with Crippen LogP contribution < -0.4 is 10.4 Å². The van der Waals surface area contributed by atoms with E-state index in [1.165, 1.54) is 5.06 Å². The van der Waals surface area contributed by atoms with Gasteiger partial charge in [-0.05, 0) is 32.0 Å². The molecule has 156 valence electrons. The van der Waals surface area contributed by atoms with Gasteiger partial charge in [-0.1, -0.05) is 30.3 Å². The molecule has 1 aromatic carbocycles. The zero-order valence-electron chi connectivity index (χ0n) is 16.2. The van der Waals surface area contributed by atoms with Crippen molar-refractivity contribution in [3.05, 3.63) is 47.7 Å². The summed E-state index contributed by atoms with van der Waals surface area (Å²) < 4.78 is 41.1. The molecule has 0 amide bonds. The summed E-state index contributed by atoms with van der Waals surface area (Å²) in [5.41, 5.74) is -0.00760. The number of hydrogen-bond acceptors (Lipinski definition) is 6. The summed E-state index contributed by atoms with van der Waals surface area (Å²) in [4.78, 5) is 16.0. The first-order chi connectivity index (χ1) is 13.9. The van der Waals surface area contributed by atoms with Crippen LogP contribution in [0.25, 0.3) is 0 Å². The minimum Gasteiger partial charge on any atom is -0.350 e. The van der Waals surface area contributed by atoms with Crippen LogP contribution in [-0.4, -0.2) is 47.7 Å². The Labute approximate surface area is 167 Å². The van der Waals surface area contributed by atoms with E-state index in [9.17, 15) is 13.2 Å². The fourth-order valence-corrected chi connectivity index (χ4v) is 3.93. The first kappa shape index (κ1) is 19.9. The highest BCUT2D eigenvalue weighted by molar-refractivity contribution is 5.52. The van der Waals surface area contributed by atoms with E-state index in [4.69, 9.17) is 4.84 Å². The molecule has 2 aliphatic rings. The number of aromatic nitrogens is 2. The standard InChI is InChI=1S/C20H24F3N5O/c1-27-10-5-8-15(13-27)25-19-24-12-16(20(21,22)23)18(26-19)28-17(9-11-29-28)14-6-3-2-4-7-14/h2-4,6-7,12,15,17H,5,8-11,13H2,1H3,(H,24,25,26)/t15-,17-/m0/s1. The first-order valence-corrected chi connectivity index (χ1v) is 9.78. The van der Waals surface area contributed by atoms with Crippen LogP contribution in [0, 0.1) is 0 Å². The predicted molar refractivity (Wildman–Crippen MR) is 103 cm³/mol. The first-order valence-electron chi connectivity index (χ1n) is 9.78. The van der Waals surface area contributed by atoms with Crippen LogP contribution in [0.5, 0.6) is 0 Å². The van der Waals surface area contributed by atoms with Gasteiger partial charge in [-0.25, -0.2) is 10.0 Å². The van der Waals surface area contributed by atoms with Gasteiger partial charge in [0.25, 0.3) is 0 Å². The molecule has 2 saturated heterocycles. The van der Waals surface area contributed by atoms with Crippen LogP contribution in [0.1, 0.15) is 36.4 Å². The molecular weight excluding hydrogens is 383 g/mol. The van der Waals surface area contributed by atoms with Crippen molar-refractivity contribution in [3.8, 4) is 0 Å². The Morgan fingerprint density at radius 3 is 2.69 bits per heavy atom. The lowest BCUT2D eigenvalue weighted by molar-refractivity contribution is -0.138. The van der Waals surface area contributed by atoms with Gasteiger partial charge in [-0.15, -0.1) is 0 Å². The number of likely N-dealkylation sites (N-methyl/N-ethyl adjacent to an activating group) is 1. The molecule has 0 saturated carbocycles. The Morgan fingerprint density at radius 1 is 1.17 bits per heavy atom. The minimum absolute atomic E-state index is 0.0998. The SMILES string of the molecule is CN1CCC[C@H](Nc2ncc(C(F)(F)F)c(N3OCC[C@H]3c3ccccc3)n2)C1. The molecule has 0 unspecified atom stereocenters. The highest BCUT2D eigenvalue weighted by atomic mass is 19.4. The molecule has 2 aromatic rings. The molecule has 6 nitrogen and oxygen atoms in total. The molecule has 4 rings (SSSR count). The smallest absolute Gasteiger partial charge is 0.350 e. The van der Waals surface area contributed by atoms with E-state index < -0.39 is 11.7 Å². The normalized spacial score (nSPS) is 23.4. The van der Waals surface area contributed by atoms with Crippen molar-refractivity contribution in [3.63, 3.8) is 0 Å². The molecular formula is C20H24F3N5O. The molecule has 0 radical (unpaired) electrons. The molecule has 0 spiro atoms. The van der Waals surface area contributed by atoms with E-state index in [1.807, 2.05) is 37.4 Å². The average molecular weight is 407 g/mol. The Hall–Kier alpha value is -2.39. The second kappa shape index (κ2) is 8.16. The Bertz CT molecular complexity index is 833. The number of nitrogens with one attached hydrogen (secondary N) is 1. The Kier molecular flexibility index (Phi) is 5.60. The number of benzene rings is 1. The third-order valence-corrected chi connectivity index (χ3v) is 5.33. The second-order valence-electron chi connectivity index (χ2n) is 7.55. The van der Waals surface area contributed by atoms with Gasteiger partial charge in [-0.2, -0.15) is 18.2 Å². The molecule has 1 N–H and O–H groups in total. The summed E-state index contributed by atoms with van der Waals surface area (Å²) in [7, 11) is 2.02. The maximum Gasteiger partial charge on any atom is 0.421 e. The van der Waals surface area contributed by atoms with E-state index in [2.05, 4.69) is 20.2 Å². The molecule has 2 fully saturated rings. The third-order valence-electron chi connectivity index (χ3n) is 5.33. The quantitative estimate of drug-likeness (QED) is 0.830. The second-order valence-corrected chi connectivity index (χ2v) is 7.55. The maximum atomic E-state index is 13.7. The van der Waals surface area contributed by atoms with E-state index in [0.717, 1.165) is 37.7 Å². The number of hydrogen-bond donors (Lipinski definition) is 1. The largest absolute Gasteiger partial charge is 0.421 e. The number of halogens is 3. The van der Waals surface area contributed by atoms with Crippen molar-refractivity contribution in [2.24, 2.45) is 0 Å². The Morgan fingerprint density at radius 2 is 1.97 bits per heavy atom. The van der Waals surface area contributed by atoms with Crippen LogP contribution in [-0.2, 0) is 11.0 Å². The number of nitrogens with zero attached hydrogens (tertiary/aromatic N) is 4. The molecule has 0 bridgehead atoms. The summed E-state index contributed by atoms with van der Waals surface area (Å²) in [6, 6.07) is 9.14. The highest BCUT2D eigenvalue weighted by Gasteiger charge is 2.40. The van der Waals surface area contributed by atoms with Crippen molar-refractivity contribution in [1.82, 2.24) is 14.9 Å². The molecule has 2 aliphatic heterocycles. The summed E-state index contributed by atoms with van der Waals surface area (Å²) in [5.74, 6) is -0.0545. The maximum absolute atomic E-state index is 13.7. The van der Waals surface area contributed by atoms with Gasteiger partial charge in [0.1, 0.15) is 5.56 Å². The predicted octanol–water partition coefficient (Wildman–Crippen LogP) is 3.88. The topological polar surface area (TPSA) is 53.5 Å². The van der Waals surface area contributed by atoms with Gasteiger partial charge < -0.3 is 10.2 Å². The van der Waals surface area contributed by atoms with Gasteiger partial charge in [0.15, 0.2) is 5.82 Å². The van der Waals surface area contributed by atoms with Gasteiger partial charge in [0, 0.05) is 25.2 Å².